The van der Waals surface area contributed by atoms with Gasteiger partial charge in [-0.2, -0.15) is 0 Å². The summed E-state index contributed by atoms with van der Waals surface area (Å²) in [6.07, 6.45) is 2.61. The van der Waals surface area contributed by atoms with Gasteiger partial charge in [-0.1, -0.05) is 32.9 Å². The lowest BCUT2D eigenvalue weighted by Crippen LogP contribution is -2.50. The number of nitrogens with zero attached hydrogens (tertiary/aromatic N) is 1. The molecule has 0 spiro atoms. The summed E-state index contributed by atoms with van der Waals surface area (Å²) < 4.78 is 11.1. The summed E-state index contributed by atoms with van der Waals surface area (Å²) >= 11 is 1.53. The maximum absolute atomic E-state index is 13.9. The van der Waals surface area contributed by atoms with E-state index in [0.717, 1.165) is 29.2 Å². The van der Waals surface area contributed by atoms with Gasteiger partial charge in [0.25, 0.3) is 5.91 Å². The van der Waals surface area contributed by atoms with Crippen molar-refractivity contribution in [2.24, 2.45) is 5.41 Å². The van der Waals surface area contributed by atoms with Gasteiger partial charge in [-0.15, -0.1) is 11.3 Å². The molecule has 0 fully saturated rings. The number of carbonyl (C=O) groups excluding carboxylic acids is 3. The Hall–Kier alpha value is -3.02. The molecule has 1 aromatic carbocycles. The Kier molecular flexibility index (Phi) is 12.6. The van der Waals surface area contributed by atoms with Crippen molar-refractivity contribution in [3.8, 4) is 5.75 Å². The Morgan fingerprint density at radius 3 is 2.56 bits per heavy atom. The van der Waals surface area contributed by atoms with Crippen molar-refractivity contribution >= 4 is 29.1 Å². The maximum atomic E-state index is 13.9. The number of fused-ring (bicyclic) bond motifs is 17. The van der Waals surface area contributed by atoms with E-state index in [2.05, 4.69) is 42.0 Å². The van der Waals surface area contributed by atoms with E-state index < -0.39 is 5.41 Å². The summed E-state index contributed by atoms with van der Waals surface area (Å²) in [5, 5.41) is 15.1. The van der Waals surface area contributed by atoms with Gasteiger partial charge in [0.05, 0.1) is 17.7 Å². The minimum absolute atomic E-state index is 0.0628. The van der Waals surface area contributed by atoms with Crippen LogP contribution in [0.25, 0.3) is 0 Å². The minimum Gasteiger partial charge on any atom is -0.484 e. The lowest BCUT2D eigenvalue weighted by Gasteiger charge is -2.33. The molecule has 4 N–H and O–H groups in total. The third-order valence-electron chi connectivity index (χ3n) is 7.06. The fourth-order valence-corrected chi connectivity index (χ4v) is 5.44. The van der Waals surface area contributed by atoms with Gasteiger partial charge in [0, 0.05) is 44.0 Å². The van der Waals surface area contributed by atoms with Crippen molar-refractivity contribution in [2.75, 3.05) is 46.5 Å². The summed E-state index contributed by atoms with van der Waals surface area (Å²) in [5.74, 6) is 0.133. The van der Waals surface area contributed by atoms with Gasteiger partial charge in [-0.25, -0.2) is 4.98 Å². The smallest absolute Gasteiger partial charge is 0.257 e. The molecule has 11 heteroatoms. The van der Waals surface area contributed by atoms with Crippen LogP contribution in [0.15, 0.2) is 29.6 Å². The first-order valence-corrected chi connectivity index (χ1v) is 15.2. The summed E-state index contributed by atoms with van der Waals surface area (Å²) in [5.41, 5.74) is 0.879. The van der Waals surface area contributed by atoms with Crippen molar-refractivity contribution in [2.45, 2.75) is 64.8 Å². The highest BCUT2D eigenvalue weighted by atomic mass is 32.1. The zero-order chi connectivity index (χ0) is 29.7. The van der Waals surface area contributed by atoms with Crippen LogP contribution in [-0.2, 0) is 37.5 Å². The van der Waals surface area contributed by atoms with E-state index in [4.69, 9.17) is 14.5 Å². The van der Waals surface area contributed by atoms with E-state index in [-0.39, 0.29) is 36.3 Å². The number of thiazole rings is 1. The Morgan fingerprint density at radius 2 is 1.85 bits per heavy atom. The van der Waals surface area contributed by atoms with Crippen LogP contribution < -0.4 is 26.0 Å². The van der Waals surface area contributed by atoms with E-state index >= 15 is 0 Å². The monoisotopic (exact) mass is 587 g/mol. The maximum Gasteiger partial charge on any atom is 0.257 e. The highest BCUT2D eigenvalue weighted by Crippen LogP contribution is 2.30. The van der Waals surface area contributed by atoms with Gasteiger partial charge in [0.2, 0.25) is 11.8 Å². The summed E-state index contributed by atoms with van der Waals surface area (Å²) in [6.45, 7) is 9.09. The molecule has 3 amide bonds. The quantitative estimate of drug-likeness (QED) is 0.409. The number of ether oxygens (including phenoxy) is 2. The van der Waals surface area contributed by atoms with Gasteiger partial charge >= 0.3 is 0 Å². The second-order valence-electron chi connectivity index (χ2n) is 11.5. The first kappa shape index (κ1) is 32.5. The molecule has 226 valence electrons. The third-order valence-corrected chi connectivity index (χ3v) is 7.91. The zero-order valence-electron chi connectivity index (χ0n) is 24.8. The van der Waals surface area contributed by atoms with Crippen LogP contribution in [0.4, 0.5) is 0 Å². The largest absolute Gasteiger partial charge is 0.484 e. The molecular weight excluding hydrogens is 542 g/mol. The van der Waals surface area contributed by atoms with E-state index in [0.29, 0.717) is 57.7 Å². The molecule has 0 radical (unpaired) electrons. The summed E-state index contributed by atoms with van der Waals surface area (Å²) in [4.78, 5) is 43.6. The molecule has 1 aromatic heterocycles. The van der Waals surface area contributed by atoms with Crippen LogP contribution >= 0.6 is 11.3 Å². The molecule has 3 heterocycles. The fourth-order valence-electron chi connectivity index (χ4n) is 4.48. The molecule has 0 saturated carbocycles. The van der Waals surface area contributed by atoms with E-state index in [9.17, 15) is 14.4 Å². The van der Waals surface area contributed by atoms with E-state index in [1.54, 1.807) is 19.2 Å². The summed E-state index contributed by atoms with van der Waals surface area (Å²) in [6, 6.07) is 7.38. The van der Waals surface area contributed by atoms with Crippen LogP contribution in [0.2, 0.25) is 0 Å². The number of rotatable bonds is 6. The molecule has 4 rings (SSSR count). The summed E-state index contributed by atoms with van der Waals surface area (Å²) in [7, 11) is 1.61. The molecule has 2 bridgehead atoms. The van der Waals surface area contributed by atoms with Crippen LogP contribution in [0.5, 0.6) is 5.75 Å². The van der Waals surface area contributed by atoms with Gasteiger partial charge in [0.15, 0.2) is 6.61 Å². The number of nitrogens with one attached hydrogen (secondary N) is 4. The third kappa shape index (κ3) is 10.7. The molecule has 0 saturated heterocycles. The zero-order valence-corrected chi connectivity index (χ0v) is 25.6. The van der Waals surface area contributed by atoms with Crippen LogP contribution in [0.1, 0.15) is 62.7 Å². The van der Waals surface area contributed by atoms with Crippen LogP contribution in [0.3, 0.4) is 0 Å². The Balaban J connectivity index is 1.82. The molecule has 1 atom stereocenters. The lowest BCUT2D eigenvalue weighted by molar-refractivity contribution is -0.133. The second kappa shape index (κ2) is 15.8. The Morgan fingerprint density at radius 1 is 1.10 bits per heavy atom. The van der Waals surface area contributed by atoms with E-state index in [1.807, 2.05) is 17.5 Å². The lowest BCUT2D eigenvalue weighted by atomic mass is 9.77. The van der Waals surface area contributed by atoms with Crippen molar-refractivity contribution < 1.29 is 23.9 Å². The number of carbonyl (C=O) groups is 3. The van der Waals surface area contributed by atoms with Crippen molar-refractivity contribution in [3.05, 3.63) is 45.9 Å². The number of hydrogen-bond donors (Lipinski definition) is 4. The molecular formula is C30H45N5O5S. The molecule has 2 aliphatic heterocycles. The number of aromatic nitrogens is 1. The normalized spacial score (nSPS) is 20.0. The Bertz CT molecular complexity index is 1130. The molecule has 10 nitrogen and oxygen atoms in total. The average Bonchev–Trinajstić information content (AvgIpc) is 3.44. The van der Waals surface area contributed by atoms with Crippen LogP contribution in [-0.4, -0.2) is 69.2 Å². The van der Waals surface area contributed by atoms with Crippen molar-refractivity contribution in [1.82, 2.24) is 26.3 Å². The standard InChI is InChI=1S/C30H45N5O5S/c1-29(2,3)24-20-41-27(35-24)18-33-28(38)30(12-16-39-4)17-22-8-10-23(11-9-22)40-19-26(37)32-15-6-14-31-13-5-7-25(36)34-21-30/h8-11,20,31H,5-7,12-19,21H2,1-4H3,(H,32,37)(H,33,38)(H,34,36). The molecule has 1 unspecified atom stereocenters. The highest BCUT2D eigenvalue weighted by Gasteiger charge is 2.39. The van der Waals surface area contributed by atoms with Gasteiger partial charge in [-0.3, -0.25) is 14.4 Å². The van der Waals surface area contributed by atoms with Crippen LogP contribution in [0, 0.1) is 5.41 Å². The number of amides is 3. The first-order chi connectivity index (χ1) is 19.6. The molecule has 0 aliphatic carbocycles. The predicted octanol–water partition coefficient (Wildman–Crippen LogP) is 2.71. The minimum atomic E-state index is -0.947. The second-order valence-corrected chi connectivity index (χ2v) is 12.5. The highest BCUT2D eigenvalue weighted by molar-refractivity contribution is 7.09. The number of benzene rings is 1. The van der Waals surface area contributed by atoms with Gasteiger partial charge < -0.3 is 30.7 Å². The van der Waals surface area contributed by atoms with Crippen molar-refractivity contribution in [1.29, 1.82) is 0 Å². The number of hydrogen-bond acceptors (Lipinski definition) is 8. The topological polar surface area (TPSA) is 131 Å². The fraction of sp³-hybridized carbons (Fsp3) is 0.600. The SMILES string of the molecule is COCCC1(C(=O)NCc2nc(C(C)(C)C)cs2)CNC(=O)CCCNCCCNC(=O)COc2ccc(cc2)C1. The van der Waals surface area contributed by atoms with Gasteiger partial charge in [0.1, 0.15) is 10.8 Å². The van der Waals surface area contributed by atoms with E-state index in [1.165, 1.54) is 11.3 Å². The number of methoxy groups -OCH3 is 1. The van der Waals surface area contributed by atoms with Gasteiger partial charge in [-0.05, 0) is 56.5 Å². The predicted molar refractivity (Wildman–Crippen MR) is 160 cm³/mol. The molecule has 41 heavy (non-hydrogen) atoms. The average molecular weight is 588 g/mol. The molecule has 2 aromatic rings. The first-order valence-electron chi connectivity index (χ1n) is 14.3. The Labute approximate surface area is 247 Å². The van der Waals surface area contributed by atoms with Crippen molar-refractivity contribution in [3.63, 3.8) is 0 Å². The molecule has 2 aliphatic rings.